The van der Waals surface area contributed by atoms with Gasteiger partial charge in [-0.15, -0.1) is 0 Å². The van der Waals surface area contributed by atoms with Gasteiger partial charge in [0.15, 0.2) is 0 Å². The van der Waals surface area contributed by atoms with Gasteiger partial charge in [0.05, 0.1) is 128 Å². The third kappa shape index (κ3) is 22.3. The number of aromatic nitrogens is 1. The van der Waals surface area contributed by atoms with Crippen LogP contribution in [0.25, 0.3) is 0 Å². The highest BCUT2D eigenvalue weighted by Crippen LogP contribution is 2.54. The minimum absolute atomic E-state index is 0.00157. The lowest BCUT2D eigenvalue weighted by Gasteiger charge is -2.43. The molecule has 0 aliphatic carbocycles. The summed E-state index contributed by atoms with van der Waals surface area (Å²) in [5, 5.41) is 30.8. The number of nitrogens with one attached hydrogen (secondary N) is 6. The zero-order chi connectivity index (χ0) is 100. The Morgan fingerprint density at radius 3 is 0.924 bits per heavy atom. The molecule has 0 radical (unpaired) electrons. The van der Waals surface area contributed by atoms with E-state index >= 15 is 0 Å². The summed E-state index contributed by atoms with van der Waals surface area (Å²) in [4.78, 5) is 4.26. The second kappa shape index (κ2) is 43.9. The van der Waals surface area contributed by atoms with E-state index in [1.807, 2.05) is 60.8 Å². The Bertz CT molecular complexity index is 6120. The summed E-state index contributed by atoms with van der Waals surface area (Å²) in [5.74, 6) is 0.272. The molecule has 6 fully saturated rings. The molecular formula is C123H141FN8O12. The van der Waals surface area contributed by atoms with E-state index in [1.165, 1.54) is 89.6 Å². The van der Waals surface area contributed by atoms with Crippen molar-refractivity contribution in [2.24, 2.45) is 0 Å². The molecule has 6 saturated heterocycles. The van der Waals surface area contributed by atoms with Crippen molar-refractivity contribution in [3.05, 3.63) is 385 Å². The van der Waals surface area contributed by atoms with E-state index in [4.69, 9.17) is 62.1 Å². The van der Waals surface area contributed by atoms with Crippen LogP contribution in [-0.2, 0) is 84.9 Å². The Morgan fingerprint density at radius 1 is 0.299 bits per heavy atom. The maximum atomic E-state index is 13.7. The molecule has 0 saturated carbocycles. The van der Waals surface area contributed by atoms with Crippen LogP contribution in [0, 0.1) is 24.1 Å². The smallest absolute Gasteiger partial charge is 0.123 e. The first kappa shape index (κ1) is 101. The van der Waals surface area contributed by atoms with E-state index < -0.39 is 0 Å². The van der Waals surface area contributed by atoms with Crippen molar-refractivity contribution in [2.45, 2.75) is 247 Å². The number of benzene rings is 11. The number of nitrogens with zero attached hydrogens (tertiary/aromatic N) is 2. The fourth-order valence-electron chi connectivity index (χ4n) is 21.8. The van der Waals surface area contributed by atoms with Crippen molar-refractivity contribution < 1.29 is 61.2 Å². The predicted molar refractivity (Wildman–Crippen MR) is 567 cm³/mol. The molecule has 12 aliphatic rings. The summed E-state index contributed by atoms with van der Waals surface area (Å²) in [6, 6.07) is 92.5. The monoisotopic (exact) mass is 1940 g/mol. The zero-order valence-corrected chi connectivity index (χ0v) is 85.8. The summed E-state index contributed by atoms with van der Waals surface area (Å²) in [6.45, 7) is 40.9. The second-order valence-electron chi connectivity index (χ2n) is 43.9. The number of halogens is 1. The van der Waals surface area contributed by atoms with Gasteiger partial charge < -0.3 is 88.7 Å². The third-order valence-corrected chi connectivity index (χ3v) is 29.7. The Balaban J connectivity index is 0.000000109. The normalized spacial score (nSPS) is 25.9. The van der Waals surface area contributed by atoms with Crippen LogP contribution in [0.15, 0.2) is 273 Å². The lowest BCUT2D eigenvalue weighted by atomic mass is 9.82. The molecule has 144 heavy (non-hydrogen) atoms. The number of aryl methyl sites for hydroxylation is 1. The highest BCUT2D eigenvalue weighted by molar-refractivity contribution is 5.66. The number of hydrogen-bond acceptors (Lipinski definition) is 20. The van der Waals surface area contributed by atoms with E-state index in [0.717, 1.165) is 56.3 Å². The van der Waals surface area contributed by atoms with Crippen LogP contribution in [0.3, 0.4) is 0 Å². The zero-order valence-electron chi connectivity index (χ0n) is 85.8. The average Bonchev–Trinajstić information content (AvgIpc) is 0.795. The van der Waals surface area contributed by atoms with Crippen LogP contribution in [0.5, 0.6) is 0 Å². The number of pyridine rings is 1. The van der Waals surface area contributed by atoms with Crippen LogP contribution < -0.4 is 31.9 Å². The van der Waals surface area contributed by atoms with Crippen molar-refractivity contribution in [3.63, 3.8) is 0 Å². The van der Waals surface area contributed by atoms with Gasteiger partial charge in [-0.05, 0) is 167 Å². The number of anilines is 6. The van der Waals surface area contributed by atoms with Crippen LogP contribution in [-0.4, -0.2) is 121 Å². The fourth-order valence-corrected chi connectivity index (χ4v) is 21.8. The van der Waals surface area contributed by atoms with E-state index in [2.05, 4.69) is 335 Å². The molecule has 12 aromatic rings. The molecule has 0 bridgehead atoms. The summed E-state index contributed by atoms with van der Waals surface area (Å²) in [6.07, 6.45) is 3.57. The van der Waals surface area contributed by atoms with Gasteiger partial charge in [-0.25, -0.2) is 4.39 Å². The van der Waals surface area contributed by atoms with Gasteiger partial charge in [0, 0.05) is 79.9 Å². The van der Waals surface area contributed by atoms with Crippen molar-refractivity contribution in [1.29, 1.82) is 5.26 Å². The fraction of sp³-hybridized carbons (Fsp3) is 0.415. The highest BCUT2D eigenvalue weighted by Gasteiger charge is 2.49. The van der Waals surface area contributed by atoms with Crippen molar-refractivity contribution >= 4 is 34.1 Å². The van der Waals surface area contributed by atoms with Crippen LogP contribution >= 0.6 is 0 Å². The van der Waals surface area contributed by atoms with Crippen molar-refractivity contribution in [1.82, 2.24) is 4.98 Å². The molecule has 752 valence electrons. The first-order valence-electron chi connectivity index (χ1n) is 51.6. The minimum Gasteiger partial charge on any atom is -0.375 e. The maximum absolute atomic E-state index is 13.7. The molecule has 0 spiro atoms. The second-order valence-corrected chi connectivity index (χ2v) is 43.9. The molecule has 6 N–H and O–H groups in total. The Hall–Kier alpha value is -11.7. The summed E-state index contributed by atoms with van der Waals surface area (Å²) in [5.41, 5.74) is 30.1. The van der Waals surface area contributed by atoms with Crippen LogP contribution in [0.2, 0.25) is 0 Å². The first-order chi connectivity index (χ1) is 69.6. The standard InChI is InChI=1S/C21H24FNO2.3C21H25NO2.C20H24N2O2.C19H18N2O2/c1-21(2,3)14-7-8-17-16(12-14)19-20(25-10-9-24-19)18(23-17)13-5-4-6-15(22)11-13;1-13(2)15-8-9-18-17(12-15)20-21(24-11-10-23-20)19(22-18)16-7-5-4-6-14(16)3;2*1-21(2,3)15-9-10-17-16(13-15)19-20(24-12-11-23-19)18(22-17)14-7-5-4-6-8-14;1-20(2,3)14-6-7-16-15(11-14)18-19(24-10-9-23-18)17(22-16)13-5-4-8-21-12-13;20-9-8-13-6-7-16-15(12-13)18-19(23-11-10-22-18)17(21-16)14-4-2-1-3-5-14/h4-8,11-12,18-20,23H,9-10H2,1-3H3;4-9,12-13,19-22H,10-11H2,1-3H3;2*4-10,13,18-20,22H,11-12H2,1-3H3;4-8,11-12,17-19,22H,9-10H2,1-3H3;1-7,12,17-19,21H,8,10-11H2/t18-,19+,20-;19-,20+,21-;18-,19+,20-;;;17-,18+,19-/m100..0/s1. The van der Waals surface area contributed by atoms with Gasteiger partial charge in [0.25, 0.3) is 0 Å². The van der Waals surface area contributed by atoms with Gasteiger partial charge in [-0.2, -0.15) is 5.26 Å². The van der Waals surface area contributed by atoms with Gasteiger partial charge in [-0.1, -0.05) is 297 Å². The third-order valence-electron chi connectivity index (χ3n) is 29.7. The topological polar surface area (TPSA) is 220 Å². The lowest BCUT2D eigenvalue weighted by Crippen LogP contribution is -2.43. The predicted octanol–water partition coefficient (Wildman–Crippen LogP) is 26.1. The molecule has 6 unspecified atom stereocenters. The minimum atomic E-state index is -0.235. The molecule has 24 rings (SSSR count). The average molecular weight is 1940 g/mol. The van der Waals surface area contributed by atoms with Crippen molar-refractivity contribution in [2.75, 3.05) is 111 Å². The van der Waals surface area contributed by atoms with Gasteiger partial charge in [-0.3, -0.25) is 4.98 Å². The SMILES string of the molecule is CC(C)(C)c1ccc2c(c1)C1OCCOC1C(c1ccccc1)N2.CC(C)(C)c1ccc2c(c1)C1OCCOC1C(c1cccnc1)N2.CC(C)(C)c1ccc2c(c1)[C@@H]1OCCO[C@@H]1[C@@H](c1cccc(F)c1)N2.CC(C)(C)c1ccc2c(c1)[C@H]1OCCO[C@H]1[C@H](c1ccccc1)N2.Cc1ccccc1[C@@H]1Nc2ccc(C(C)C)cc2[C@H]2OCCO[C@H]21.N#CCc1ccc2c(c1)[C@H]1OCCO[C@H]1[C@H](c1ccccc1)N2. The van der Waals surface area contributed by atoms with Gasteiger partial charge >= 0.3 is 0 Å². The van der Waals surface area contributed by atoms with E-state index in [-0.39, 0.29) is 137 Å². The lowest BCUT2D eigenvalue weighted by molar-refractivity contribution is -0.151. The molecule has 18 atom stereocenters. The van der Waals surface area contributed by atoms with E-state index in [9.17, 15) is 4.39 Å². The Labute approximate surface area is 849 Å². The number of nitriles is 1. The van der Waals surface area contributed by atoms with Gasteiger partial charge in [0.2, 0.25) is 0 Å². The number of hydrogen-bond donors (Lipinski definition) is 6. The number of ether oxygens (including phenoxy) is 12. The summed E-state index contributed by atoms with van der Waals surface area (Å²) < 4.78 is 87.2. The molecule has 21 heteroatoms. The largest absolute Gasteiger partial charge is 0.375 e. The van der Waals surface area contributed by atoms with E-state index in [1.54, 1.807) is 18.3 Å². The molecular weight excluding hydrogens is 1800 g/mol. The molecule has 1 aromatic heterocycles. The number of rotatable bonds is 8. The first-order valence-corrected chi connectivity index (χ1v) is 51.6. The molecule has 0 amide bonds. The maximum Gasteiger partial charge on any atom is 0.123 e. The van der Waals surface area contributed by atoms with Gasteiger partial charge in [0.1, 0.15) is 79.1 Å². The number of fused-ring (bicyclic) bond motifs is 18. The molecule has 13 heterocycles. The summed E-state index contributed by atoms with van der Waals surface area (Å²) in [7, 11) is 0. The summed E-state index contributed by atoms with van der Waals surface area (Å²) >= 11 is 0. The quantitative estimate of drug-likeness (QED) is 0.0833. The Morgan fingerprint density at radius 2 is 0.590 bits per heavy atom. The van der Waals surface area contributed by atoms with E-state index in [0.29, 0.717) is 91.6 Å². The Kier molecular flexibility index (Phi) is 30.8. The van der Waals surface area contributed by atoms with Crippen molar-refractivity contribution in [3.8, 4) is 6.07 Å². The molecule has 12 aliphatic heterocycles. The highest BCUT2D eigenvalue weighted by atomic mass is 19.1. The molecule has 20 nitrogen and oxygen atoms in total. The van der Waals surface area contributed by atoms with Crippen LogP contribution in [0.1, 0.15) is 281 Å². The molecule has 11 aromatic carbocycles. The van der Waals surface area contributed by atoms with Crippen LogP contribution in [0.4, 0.5) is 38.5 Å².